The van der Waals surface area contributed by atoms with E-state index in [2.05, 4.69) is 20.2 Å². The van der Waals surface area contributed by atoms with Gasteiger partial charge in [0.25, 0.3) is 0 Å². The van der Waals surface area contributed by atoms with E-state index < -0.39 is 6.09 Å². The maximum absolute atomic E-state index is 13.1. The van der Waals surface area contributed by atoms with Gasteiger partial charge in [0.15, 0.2) is 0 Å². The van der Waals surface area contributed by atoms with Crippen molar-refractivity contribution in [3.8, 4) is 11.1 Å². The van der Waals surface area contributed by atoms with Gasteiger partial charge in [0, 0.05) is 36.8 Å². The van der Waals surface area contributed by atoms with Crippen molar-refractivity contribution in [1.29, 1.82) is 0 Å². The standard InChI is InChI=1S/C23H25FN4O2S/c24-20-4-1-18(2-5-20)19-3-6-22(26-13-19)28-11-8-17(9-12-28)7-10-25-23(29)30-14-21-15-31-16-27-21/h1-6,13,15-17H,7-12,14H2,(H,25,29). The van der Waals surface area contributed by atoms with Gasteiger partial charge in [-0.3, -0.25) is 0 Å². The van der Waals surface area contributed by atoms with Crippen molar-refractivity contribution < 1.29 is 13.9 Å². The zero-order chi connectivity index (χ0) is 21.5. The van der Waals surface area contributed by atoms with Crippen LogP contribution in [0.15, 0.2) is 53.5 Å². The Balaban J connectivity index is 1.17. The molecule has 6 nitrogen and oxygen atoms in total. The van der Waals surface area contributed by atoms with Crippen molar-refractivity contribution in [1.82, 2.24) is 15.3 Å². The van der Waals surface area contributed by atoms with Crippen LogP contribution in [0.5, 0.6) is 0 Å². The van der Waals surface area contributed by atoms with Crippen molar-refractivity contribution in [2.75, 3.05) is 24.5 Å². The molecule has 1 N–H and O–H groups in total. The van der Waals surface area contributed by atoms with Crippen LogP contribution < -0.4 is 10.2 Å². The quantitative estimate of drug-likeness (QED) is 0.567. The molecule has 31 heavy (non-hydrogen) atoms. The van der Waals surface area contributed by atoms with Crippen LogP contribution >= 0.6 is 11.3 Å². The van der Waals surface area contributed by atoms with Crippen molar-refractivity contribution in [3.63, 3.8) is 0 Å². The third-order valence-electron chi connectivity index (χ3n) is 5.52. The number of alkyl carbamates (subject to hydrolysis) is 1. The molecule has 162 valence electrons. The van der Waals surface area contributed by atoms with Gasteiger partial charge in [0.1, 0.15) is 18.2 Å². The Hall–Kier alpha value is -3.00. The molecule has 0 radical (unpaired) electrons. The van der Waals surface area contributed by atoms with Gasteiger partial charge in [-0.25, -0.2) is 19.2 Å². The van der Waals surface area contributed by atoms with Crippen molar-refractivity contribution >= 4 is 23.2 Å². The smallest absolute Gasteiger partial charge is 0.407 e. The second kappa shape index (κ2) is 10.3. The summed E-state index contributed by atoms with van der Waals surface area (Å²) in [7, 11) is 0. The molecule has 1 fully saturated rings. The van der Waals surface area contributed by atoms with Gasteiger partial charge in [0.05, 0.1) is 11.2 Å². The molecule has 0 aliphatic carbocycles. The van der Waals surface area contributed by atoms with Gasteiger partial charge in [-0.2, -0.15) is 0 Å². The molecular weight excluding hydrogens is 415 g/mol. The van der Waals surface area contributed by atoms with E-state index in [-0.39, 0.29) is 12.4 Å². The van der Waals surface area contributed by atoms with Crippen LogP contribution in [0.25, 0.3) is 11.1 Å². The molecule has 3 aromatic rings. The number of anilines is 1. The number of benzene rings is 1. The van der Waals surface area contributed by atoms with E-state index in [0.29, 0.717) is 12.5 Å². The molecule has 3 heterocycles. The normalized spacial score (nSPS) is 14.4. The molecule has 1 amide bonds. The van der Waals surface area contributed by atoms with E-state index in [1.165, 1.54) is 23.5 Å². The van der Waals surface area contributed by atoms with Crippen molar-refractivity contribution in [2.24, 2.45) is 5.92 Å². The van der Waals surface area contributed by atoms with Crippen molar-refractivity contribution in [2.45, 2.75) is 25.9 Å². The summed E-state index contributed by atoms with van der Waals surface area (Å²) in [6.07, 6.45) is 4.52. The minimum atomic E-state index is -0.393. The van der Waals surface area contributed by atoms with E-state index in [4.69, 9.17) is 4.74 Å². The first-order chi connectivity index (χ1) is 15.2. The lowest BCUT2D eigenvalue weighted by Gasteiger charge is -2.32. The number of hydrogen-bond acceptors (Lipinski definition) is 6. The van der Waals surface area contributed by atoms with Gasteiger partial charge >= 0.3 is 6.09 Å². The zero-order valence-electron chi connectivity index (χ0n) is 17.2. The molecule has 1 aromatic carbocycles. The van der Waals surface area contributed by atoms with Crippen LogP contribution in [-0.2, 0) is 11.3 Å². The Bertz CT molecular complexity index is 956. The van der Waals surface area contributed by atoms with Gasteiger partial charge in [-0.05, 0) is 55.0 Å². The maximum atomic E-state index is 13.1. The highest BCUT2D eigenvalue weighted by Crippen LogP contribution is 2.26. The number of nitrogens with one attached hydrogen (secondary N) is 1. The summed E-state index contributed by atoms with van der Waals surface area (Å²) in [6, 6.07) is 10.5. The van der Waals surface area contributed by atoms with Gasteiger partial charge in [0.2, 0.25) is 0 Å². The molecule has 0 saturated carbocycles. The second-order valence-corrected chi connectivity index (χ2v) is 8.33. The van der Waals surface area contributed by atoms with E-state index in [9.17, 15) is 9.18 Å². The Morgan fingerprint density at radius 1 is 1.13 bits per heavy atom. The van der Waals surface area contributed by atoms with Crippen LogP contribution in [-0.4, -0.2) is 35.7 Å². The fourth-order valence-corrected chi connectivity index (χ4v) is 4.26. The number of hydrogen-bond donors (Lipinski definition) is 1. The average Bonchev–Trinajstić information content (AvgIpc) is 3.33. The predicted octanol–water partition coefficient (Wildman–Crippen LogP) is 4.88. The summed E-state index contributed by atoms with van der Waals surface area (Å²) in [6.45, 7) is 2.72. The summed E-state index contributed by atoms with van der Waals surface area (Å²) in [5, 5.41) is 4.69. The summed E-state index contributed by atoms with van der Waals surface area (Å²) in [5.41, 5.74) is 4.42. The number of piperidine rings is 1. The number of nitrogens with zero attached hydrogens (tertiary/aromatic N) is 3. The van der Waals surface area contributed by atoms with E-state index in [1.807, 2.05) is 23.7 Å². The van der Waals surface area contributed by atoms with Crippen molar-refractivity contribution in [3.05, 3.63) is 65.0 Å². The number of ether oxygens (including phenoxy) is 1. The number of carbonyl (C=O) groups excluding carboxylic acids is 1. The Kier molecular flexibility index (Phi) is 7.09. The van der Waals surface area contributed by atoms with Crippen LogP contribution in [0.3, 0.4) is 0 Å². The molecule has 1 saturated heterocycles. The van der Waals surface area contributed by atoms with Crippen LogP contribution in [0.1, 0.15) is 25.0 Å². The lowest BCUT2D eigenvalue weighted by Crippen LogP contribution is -2.35. The molecule has 2 aromatic heterocycles. The molecule has 0 unspecified atom stereocenters. The van der Waals surface area contributed by atoms with E-state index in [0.717, 1.165) is 55.0 Å². The third kappa shape index (κ3) is 6.01. The molecule has 1 aliphatic rings. The van der Waals surface area contributed by atoms with Gasteiger partial charge < -0.3 is 15.0 Å². The SMILES string of the molecule is O=C(NCCC1CCN(c2ccc(-c3ccc(F)cc3)cn2)CC1)OCc1cscn1. The Labute approximate surface area is 185 Å². The summed E-state index contributed by atoms with van der Waals surface area (Å²) >= 11 is 1.48. The number of aromatic nitrogens is 2. The third-order valence-corrected chi connectivity index (χ3v) is 6.16. The molecular formula is C23H25FN4O2S. The number of carbonyl (C=O) groups is 1. The zero-order valence-corrected chi connectivity index (χ0v) is 18.0. The monoisotopic (exact) mass is 440 g/mol. The largest absolute Gasteiger partial charge is 0.443 e. The van der Waals surface area contributed by atoms with Crippen LogP contribution in [0.2, 0.25) is 0 Å². The molecule has 1 aliphatic heterocycles. The molecule has 0 spiro atoms. The van der Waals surface area contributed by atoms with E-state index in [1.54, 1.807) is 17.6 Å². The minimum absolute atomic E-state index is 0.209. The number of thiazole rings is 1. The lowest BCUT2D eigenvalue weighted by atomic mass is 9.93. The molecule has 8 heteroatoms. The van der Waals surface area contributed by atoms with Gasteiger partial charge in [-0.15, -0.1) is 11.3 Å². The van der Waals surface area contributed by atoms with Crippen LogP contribution in [0, 0.1) is 11.7 Å². The number of halogens is 1. The average molecular weight is 441 g/mol. The topological polar surface area (TPSA) is 67.4 Å². The minimum Gasteiger partial charge on any atom is -0.443 e. The Morgan fingerprint density at radius 2 is 1.90 bits per heavy atom. The highest BCUT2D eigenvalue weighted by atomic mass is 32.1. The Morgan fingerprint density at radius 3 is 2.58 bits per heavy atom. The fraction of sp³-hybridized carbons (Fsp3) is 0.348. The van der Waals surface area contributed by atoms with E-state index >= 15 is 0 Å². The molecule has 4 rings (SSSR count). The second-order valence-electron chi connectivity index (χ2n) is 7.61. The molecule has 0 bridgehead atoms. The predicted molar refractivity (Wildman–Crippen MR) is 119 cm³/mol. The van der Waals surface area contributed by atoms with Gasteiger partial charge in [-0.1, -0.05) is 12.1 Å². The summed E-state index contributed by atoms with van der Waals surface area (Å²) in [4.78, 5) is 22.8. The highest BCUT2D eigenvalue weighted by Gasteiger charge is 2.20. The fourth-order valence-electron chi connectivity index (χ4n) is 3.71. The number of rotatable bonds is 7. The molecule has 0 atom stereocenters. The van der Waals surface area contributed by atoms with Crippen LogP contribution in [0.4, 0.5) is 15.0 Å². The number of amides is 1. The first kappa shape index (κ1) is 21.2. The summed E-state index contributed by atoms with van der Waals surface area (Å²) in [5.74, 6) is 1.31. The highest BCUT2D eigenvalue weighted by molar-refractivity contribution is 7.07. The lowest BCUT2D eigenvalue weighted by molar-refractivity contribution is 0.137. The summed E-state index contributed by atoms with van der Waals surface area (Å²) < 4.78 is 18.3. The first-order valence-electron chi connectivity index (χ1n) is 10.4. The maximum Gasteiger partial charge on any atom is 0.407 e. The number of pyridine rings is 1. The first-order valence-corrected chi connectivity index (χ1v) is 11.4.